The molecule has 0 aliphatic carbocycles. The van der Waals surface area contributed by atoms with Crippen LogP contribution < -0.4 is 4.57 Å². The predicted octanol–water partition coefficient (Wildman–Crippen LogP) is 6.43. The summed E-state index contributed by atoms with van der Waals surface area (Å²) in [4.78, 5) is 0. The van der Waals surface area contributed by atoms with Crippen molar-refractivity contribution < 1.29 is 8.98 Å². The van der Waals surface area contributed by atoms with E-state index in [-0.39, 0.29) is 0 Å². The van der Waals surface area contributed by atoms with Crippen molar-refractivity contribution in [2.75, 3.05) is 0 Å². The molecule has 0 atom stereocenters. The molecule has 0 bridgehead atoms. The highest BCUT2D eigenvalue weighted by molar-refractivity contribution is 6.10. The maximum absolute atomic E-state index is 6.11. The van der Waals surface area contributed by atoms with E-state index in [2.05, 4.69) is 91.6 Å². The molecule has 3 aromatic heterocycles. The van der Waals surface area contributed by atoms with E-state index in [1.807, 2.05) is 12.1 Å². The van der Waals surface area contributed by atoms with E-state index >= 15 is 0 Å². The van der Waals surface area contributed by atoms with Crippen molar-refractivity contribution in [2.24, 2.45) is 7.05 Å². The lowest BCUT2D eigenvalue weighted by Gasteiger charge is -2.07. The molecule has 3 nitrogen and oxygen atoms in total. The zero-order valence-corrected chi connectivity index (χ0v) is 17.7. The number of nitrogens with zero attached hydrogens (tertiary/aromatic N) is 2. The van der Waals surface area contributed by atoms with Gasteiger partial charge in [-0.3, -0.25) is 0 Å². The van der Waals surface area contributed by atoms with Crippen molar-refractivity contribution in [3.05, 3.63) is 83.4 Å². The van der Waals surface area contributed by atoms with Gasteiger partial charge in [0.15, 0.2) is 11.1 Å². The molecule has 0 saturated heterocycles. The lowest BCUT2D eigenvalue weighted by Crippen LogP contribution is -2.34. The van der Waals surface area contributed by atoms with Crippen LogP contribution in [-0.2, 0) is 7.05 Å². The molecule has 3 heterocycles. The lowest BCUT2D eigenvalue weighted by atomic mass is 10.0. The molecule has 0 aliphatic rings. The fourth-order valence-electron chi connectivity index (χ4n) is 4.84. The van der Waals surface area contributed by atoms with Gasteiger partial charge in [-0.15, -0.1) is 0 Å². The Hall–Kier alpha value is -3.59. The minimum absolute atomic E-state index is 0.909. The van der Waals surface area contributed by atoms with Gasteiger partial charge in [0, 0.05) is 16.8 Å². The quantitative estimate of drug-likeness (QED) is 0.296. The smallest absolute Gasteiger partial charge is 0.287 e. The number of hydrogen-bond acceptors (Lipinski definition) is 1. The third kappa shape index (κ3) is 2.18. The van der Waals surface area contributed by atoms with Crippen molar-refractivity contribution in [3.8, 4) is 5.82 Å². The van der Waals surface area contributed by atoms with E-state index in [1.165, 1.54) is 38.5 Å². The minimum atomic E-state index is 0.909. The number of hydrogen-bond donors (Lipinski definition) is 0. The van der Waals surface area contributed by atoms with Crippen LogP contribution >= 0.6 is 0 Å². The van der Waals surface area contributed by atoms with Crippen LogP contribution in [0.5, 0.6) is 0 Å². The van der Waals surface area contributed by atoms with Crippen molar-refractivity contribution in [2.45, 2.75) is 20.8 Å². The second-order valence-electron chi connectivity index (χ2n) is 8.32. The van der Waals surface area contributed by atoms with Crippen LogP contribution in [0.3, 0.4) is 0 Å². The van der Waals surface area contributed by atoms with Crippen LogP contribution in [-0.4, -0.2) is 4.57 Å². The SMILES string of the molecule is Cc1ccc2c(c1)c1ccc(C)c(C)c1n2-c1ccc2oc3ccccc3c2[n+]1C. The lowest BCUT2D eigenvalue weighted by molar-refractivity contribution is -0.638. The highest BCUT2D eigenvalue weighted by atomic mass is 16.3. The number of rotatable bonds is 1. The standard InChI is InChI=1S/C27H23N2O/c1-16-9-12-22-21(15-16)19-11-10-17(2)18(3)26(19)29(22)25-14-13-24-27(28(25)4)20-7-5-6-8-23(20)30-24/h5-15H,1-4H3/q+1. The maximum Gasteiger partial charge on any atom is 0.287 e. The molecule has 0 N–H and O–H groups in total. The molecule has 6 aromatic rings. The second kappa shape index (κ2) is 5.96. The Balaban J connectivity index is 1.83. The molecular formula is C27H23N2O+. The van der Waals surface area contributed by atoms with E-state index in [9.17, 15) is 0 Å². The second-order valence-corrected chi connectivity index (χ2v) is 8.32. The van der Waals surface area contributed by atoms with Crippen molar-refractivity contribution in [1.29, 1.82) is 0 Å². The summed E-state index contributed by atoms with van der Waals surface area (Å²) in [5.74, 6) is 1.13. The molecule has 0 saturated carbocycles. The van der Waals surface area contributed by atoms with E-state index < -0.39 is 0 Å². The Morgan fingerprint density at radius 3 is 2.47 bits per heavy atom. The van der Waals surface area contributed by atoms with E-state index in [1.54, 1.807) is 0 Å². The molecular weight excluding hydrogens is 368 g/mol. The van der Waals surface area contributed by atoms with Gasteiger partial charge in [-0.2, -0.15) is 4.57 Å². The fraction of sp³-hybridized carbons (Fsp3) is 0.148. The van der Waals surface area contributed by atoms with Gasteiger partial charge in [0.2, 0.25) is 0 Å². The summed E-state index contributed by atoms with van der Waals surface area (Å²) in [6.07, 6.45) is 0. The molecule has 0 unspecified atom stereocenters. The van der Waals surface area contributed by atoms with Crippen LogP contribution in [0.2, 0.25) is 0 Å². The Bertz CT molecular complexity index is 1630. The van der Waals surface area contributed by atoms with E-state index in [0.717, 1.165) is 27.9 Å². The number of benzene rings is 3. The Morgan fingerprint density at radius 1 is 0.767 bits per heavy atom. The first-order valence-corrected chi connectivity index (χ1v) is 10.4. The molecule has 0 aliphatic heterocycles. The summed E-state index contributed by atoms with van der Waals surface area (Å²) in [5.41, 5.74) is 9.36. The summed E-state index contributed by atoms with van der Waals surface area (Å²) in [7, 11) is 2.14. The van der Waals surface area contributed by atoms with E-state index in [0.29, 0.717) is 0 Å². The number of fused-ring (bicyclic) bond motifs is 6. The van der Waals surface area contributed by atoms with Crippen LogP contribution in [0.4, 0.5) is 0 Å². The van der Waals surface area contributed by atoms with Gasteiger partial charge in [0.1, 0.15) is 16.6 Å². The van der Waals surface area contributed by atoms with Crippen LogP contribution in [0.25, 0.3) is 49.7 Å². The van der Waals surface area contributed by atoms with Gasteiger partial charge in [0.05, 0.1) is 12.4 Å². The zero-order chi connectivity index (χ0) is 20.6. The first-order valence-electron chi connectivity index (χ1n) is 10.4. The number of aromatic nitrogens is 2. The molecule has 0 fully saturated rings. The zero-order valence-electron chi connectivity index (χ0n) is 17.7. The molecule has 0 amide bonds. The summed E-state index contributed by atoms with van der Waals surface area (Å²) < 4.78 is 10.8. The largest absolute Gasteiger partial charge is 0.452 e. The number of aryl methyl sites for hydroxylation is 4. The predicted molar refractivity (Wildman–Crippen MR) is 123 cm³/mol. The van der Waals surface area contributed by atoms with Crippen LogP contribution in [0.1, 0.15) is 16.7 Å². The average molecular weight is 391 g/mol. The van der Waals surface area contributed by atoms with Gasteiger partial charge in [-0.05, 0) is 68.3 Å². The van der Waals surface area contributed by atoms with Gasteiger partial charge < -0.3 is 4.42 Å². The number of furan rings is 1. The third-order valence-electron chi connectivity index (χ3n) is 6.50. The summed E-state index contributed by atoms with van der Waals surface area (Å²) in [6, 6.07) is 23.8. The highest BCUT2D eigenvalue weighted by Gasteiger charge is 2.25. The van der Waals surface area contributed by atoms with E-state index in [4.69, 9.17) is 4.42 Å². The first kappa shape index (κ1) is 17.3. The summed E-state index contributed by atoms with van der Waals surface area (Å²) >= 11 is 0. The fourth-order valence-corrected chi connectivity index (χ4v) is 4.84. The summed E-state index contributed by atoms with van der Waals surface area (Å²) in [6.45, 7) is 6.58. The highest BCUT2D eigenvalue weighted by Crippen LogP contribution is 2.35. The average Bonchev–Trinajstić information content (AvgIpc) is 3.27. The normalized spacial score (nSPS) is 12.0. The minimum Gasteiger partial charge on any atom is -0.452 e. The topological polar surface area (TPSA) is 21.9 Å². The van der Waals surface area contributed by atoms with Gasteiger partial charge >= 0.3 is 0 Å². The Kier molecular flexibility index (Phi) is 3.43. The van der Waals surface area contributed by atoms with Crippen LogP contribution in [0, 0.1) is 20.8 Å². The van der Waals surface area contributed by atoms with Crippen molar-refractivity contribution >= 4 is 43.9 Å². The molecule has 6 rings (SSSR count). The molecule has 0 spiro atoms. The Morgan fingerprint density at radius 2 is 1.60 bits per heavy atom. The van der Waals surface area contributed by atoms with Gasteiger partial charge in [-0.25, -0.2) is 4.57 Å². The van der Waals surface area contributed by atoms with Crippen LogP contribution in [0.15, 0.2) is 71.1 Å². The third-order valence-corrected chi connectivity index (χ3v) is 6.50. The van der Waals surface area contributed by atoms with Gasteiger partial charge in [-0.1, -0.05) is 29.8 Å². The van der Waals surface area contributed by atoms with Crippen molar-refractivity contribution in [1.82, 2.24) is 4.57 Å². The molecule has 30 heavy (non-hydrogen) atoms. The number of para-hydroxylation sites is 1. The summed E-state index contributed by atoms with van der Waals surface area (Å²) in [5, 5.41) is 3.74. The molecule has 3 aromatic carbocycles. The monoisotopic (exact) mass is 391 g/mol. The molecule has 0 radical (unpaired) electrons. The maximum atomic E-state index is 6.11. The van der Waals surface area contributed by atoms with Gasteiger partial charge in [0.25, 0.3) is 5.82 Å². The molecule has 146 valence electrons. The number of pyridine rings is 1. The molecule has 3 heteroatoms. The Labute approximate surface area is 174 Å². The van der Waals surface area contributed by atoms with Crippen molar-refractivity contribution in [3.63, 3.8) is 0 Å². The first-order chi connectivity index (χ1) is 14.5.